The third-order valence-corrected chi connectivity index (χ3v) is 4.14. The Morgan fingerprint density at radius 3 is 2.56 bits per heavy atom. The normalized spacial score (nSPS) is 22.1. The average Bonchev–Trinajstić information content (AvgIpc) is 3.18. The van der Waals surface area contributed by atoms with Gasteiger partial charge in [-0.15, -0.1) is 0 Å². The monoisotopic (exact) mass is 253 g/mol. The maximum absolute atomic E-state index is 11.5. The predicted octanol–water partition coefficient (Wildman–Crippen LogP) is 0.834. The summed E-state index contributed by atoms with van der Waals surface area (Å²) in [6.07, 6.45) is 6.43. The van der Waals surface area contributed by atoms with Crippen LogP contribution in [0, 0.1) is 11.8 Å². The van der Waals surface area contributed by atoms with Gasteiger partial charge in [0.2, 0.25) is 5.91 Å². The molecule has 0 unspecified atom stereocenters. The Hall–Kier alpha value is -0.610. The number of hydrogen-bond acceptors (Lipinski definition) is 3. The molecule has 18 heavy (non-hydrogen) atoms. The summed E-state index contributed by atoms with van der Waals surface area (Å²) in [5.41, 5.74) is 0. The molecule has 1 saturated heterocycles. The fourth-order valence-corrected chi connectivity index (χ4v) is 2.50. The number of hydrogen-bond donors (Lipinski definition) is 2. The lowest BCUT2D eigenvalue weighted by Gasteiger charge is -2.28. The van der Waals surface area contributed by atoms with Crippen LogP contribution >= 0.6 is 0 Å². The Balaban J connectivity index is 1.43. The number of carbonyl (C=O) groups is 1. The molecule has 0 aromatic rings. The van der Waals surface area contributed by atoms with E-state index in [1.807, 2.05) is 0 Å². The molecule has 0 spiro atoms. The fourth-order valence-electron chi connectivity index (χ4n) is 2.50. The molecule has 2 N–H and O–H groups in total. The topological polar surface area (TPSA) is 44.4 Å². The zero-order valence-corrected chi connectivity index (χ0v) is 11.6. The van der Waals surface area contributed by atoms with Crippen LogP contribution in [-0.2, 0) is 4.79 Å². The number of likely N-dealkylation sites (tertiary alicyclic amines) is 1. The minimum absolute atomic E-state index is 0.158. The number of nitrogens with zero attached hydrogens (tertiary/aromatic N) is 1. The van der Waals surface area contributed by atoms with Gasteiger partial charge in [-0.1, -0.05) is 0 Å². The van der Waals surface area contributed by atoms with Gasteiger partial charge in [-0.2, -0.15) is 0 Å². The van der Waals surface area contributed by atoms with E-state index < -0.39 is 0 Å². The second-order valence-electron chi connectivity index (χ2n) is 5.96. The van der Waals surface area contributed by atoms with Gasteiger partial charge < -0.3 is 15.5 Å². The van der Waals surface area contributed by atoms with Crippen molar-refractivity contribution in [3.63, 3.8) is 0 Å². The van der Waals surface area contributed by atoms with Crippen LogP contribution in [0.15, 0.2) is 0 Å². The van der Waals surface area contributed by atoms with E-state index in [1.54, 1.807) is 0 Å². The standard InChI is InChI=1S/C14H27N3O/c1-17-8-5-12(6-9-17)4-7-15-11-14(18)16-10-13-2-3-13/h12-13,15H,2-11H2,1H3,(H,16,18). The van der Waals surface area contributed by atoms with Gasteiger partial charge in [0.15, 0.2) is 0 Å². The van der Waals surface area contributed by atoms with E-state index in [2.05, 4.69) is 22.6 Å². The number of rotatable bonds is 7. The molecule has 2 aliphatic rings. The van der Waals surface area contributed by atoms with Crippen LogP contribution in [0.3, 0.4) is 0 Å². The molecule has 4 nitrogen and oxygen atoms in total. The SMILES string of the molecule is CN1CCC(CCNCC(=O)NCC2CC2)CC1. The summed E-state index contributed by atoms with van der Waals surface area (Å²) >= 11 is 0. The summed E-state index contributed by atoms with van der Waals surface area (Å²) in [5, 5.41) is 6.24. The van der Waals surface area contributed by atoms with E-state index in [0.717, 1.165) is 24.9 Å². The highest BCUT2D eigenvalue weighted by molar-refractivity contribution is 5.77. The van der Waals surface area contributed by atoms with Crippen LogP contribution in [0.25, 0.3) is 0 Å². The van der Waals surface area contributed by atoms with Gasteiger partial charge in [-0.25, -0.2) is 0 Å². The van der Waals surface area contributed by atoms with Gasteiger partial charge in [0.25, 0.3) is 0 Å². The Kier molecular flexibility index (Phi) is 5.45. The predicted molar refractivity (Wildman–Crippen MR) is 73.4 cm³/mol. The van der Waals surface area contributed by atoms with E-state index in [1.165, 1.54) is 45.2 Å². The third kappa shape index (κ3) is 5.36. The van der Waals surface area contributed by atoms with Crippen molar-refractivity contribution >= 4 is 5.91 Å². The number of carbonyl (C=O) groups excluding carboxylic acids is 1. The summed E-state index contributed by atoms with van der Waals surface area (Å²) in [4.78, 5) is 13.9. The molecule has 0 aromatic carbocycles. The highest BCUT2D eigenvalue weighted by Gasteiger charge is 2.21. The van der Waals surface area contributed by atoms with E-state index in [9.17, 15) is 4.79 Å². The molecule has 1 heterocycles. The summed E-state index contributed by atoms with van der Waals surface area (Å²) < 4.78 is 0. The van der Waals surface area contributed by atoms with Crippen LogP contribution < -0.4 is 10.6 Å². The van der Waals surface area contributed by atoms with E-state index in [4.69, 9.17) is 0 Å². The summed E-state index contributed by atoms with van der Waals surface area (Å²) in [5.74, 6) is 1.78. The zero-order chi connectivity index (χ0) is 12.8. The molecule has 1 aliphatic heterocycles. The van der Waals surface area contributed by atoms with Crippen molar-refractivity contribution in [2.45, 2.75) is 32.1 Å². The molecule has 4 heteroatoms. The molecule has 1 aliphatic carbocycles. The third-order valence-electron chi connectivity index (χ3n) is 4.14. The highest BCUT2D eigenvalue weighted by atomic mass is 16.1. The Bertz CT molecular complexity index is 258. The minimum Gasteiger partial charge on any atom is -0.355 e. The van der Waals surface area contributed by atoms with Gasteiger partial charge in [-0.3, -0.25) is 4.79 Å². The Morgan fingerprint density at radius 2 is 1.89 bits per heavy atom. The van der Waals surface area contributed by atoms with Gasteiger partial charge in [-0.05, 0) is 70.6 Å². The minimum atomic E-state index is 0.158. The lowest BCUT2D eigenvalue weighted by molar-refractivity contribution is -0.120. The first-order valence-electron chi connectivity index (χ1n) is 7.40. The average molecular weight is 253 g/mol. The maximum Gasteiger partial charge on any atom is 0.233 e. The number of nitrogens with one attached hydrogen (secondary N) is 2. The van der Waals surface area contributed by atoms with Gasteiger partial charge in [0.05, 0.1) is 6.54 Å². The van der Waals surface area contributed by atoms with E-state index in [0.29, 0.717) is 6.54 Å². The highest BCUT2D eigenvalue weighted by Crippen LogP contribution is 2.27. The van der Waals surface area contributed by atoms with Crippen molar-refractivity contribution < 1.29 is 4.79 Å². The zero-order valence-electron chi connectivity index (χ0n) is 11.6. The lowest BCUT2D eigenvalue weighted by Crippen LogP contribution is -2.36. The molecule has 1 amide bonds. The molecule has 0 aromatic heterocycles. The quantitative estimate of drug-likeness (QED) is 0.661. The van der Waals surface area contributed by atoms with E-state index >= 15 is 0 Å². The molecule has 0 bridgehead atoms. The summed E-state index contributed by atoms with van der Waals surface area (Å²) in [6, 6.07) is 0. The summed E-state index contributed by atoms with van der Waals surface area (Å²) in [7, 11) is 2.19. The second-order valence-corrected chi connectivity index (χ2v) is 5.96. The van der Waals surface area contributed by atoms with Crippen molar-refractivity contribution in [2.24, 2.45) is 11.8 Å². The smallest absolute Gasteiger partial charge is 0.233 e. The van der Waals surface area contributed by atoms with Gasteiger partial charge in [0.1, 0.15) is 0 Å². The van der Waals surface area contributed by atoms with Crippen LogP contribution in [0.5, 0.6) is 0 Å². The first kappa shape index (κ1) is 13.8. The largest absolute Gasteiger partial charge is 0.355 e. The lowest BCUT2D eigenvalue weighted by atomic mass is 9.94. The fraction of sp³-hybridized carbons (Fsp3) is 0.929. The molecule has 2 fully saturated rings. The summed E-state index contributed by atoms with van der Waals surface area (Å²) in [6.45, 7) is 4.80. The van der Waals surface area contributed by atoms with Crippen molar-refractivity contribution in [3.8, 4) is 0 Å². The first-order valence-corrected chi connectivity index (χ1v) is 7.40. The first-order chi connectivity index (χ1) is 8.74. The van der Waals surface area contributed by atoms with Crippen molar-refractivity contribution in [1.82, 2.24) is 15.5 Å². The van der Waals surface area contributed by atoms with Crippen LogP contribution in [0.4, 0.5) is 0 Å². The molecular weight excluding hydrogens is 226 g/mol. The molecule has 0 radical (unpaired) electrons. The molecule has 2 rings (SSSR count). The van der Waals surface area contributed by atoms with Crippen molar-refractivity contribution in [1.29, 1.82) is 0 Å². The van der Waals surface area contributed by atoms with Crippen molar-refractivity contribution in [2.75, 3.05) is 39.8 Å². The van der Waals surface area contributed by atoms with Crippen LogP contribution in [0.2, 0.25) is 0 Å². The maximum atomic E-state index is 11.5. The molecular formula is C14H27N3O. The van der Waals surface area contributed by atoms with Crippen molar-refractivity contribution in [3.05, 3.63) is 0 Å². The second kappa shape index (κ2) is 7.10. The van der Waals surface area contributed by atoms with Gasteiger partial charge in [0, 0.05) is 6.54 Å². The number of piperidine rings is 1. The molecule has 104 valence electrons. The number of amides is 1. The van der Waals surface area contributed by atoms with Gasteiger partial charge >= 0.3 is 0 Å². The molecule has 1 saturated carbocycles. The van der Waals surface area contributed by atoms with E-state index in [-0.39, 0.29) is 5.91 Å². The van der Waals surface area contributed by atoms with Crippen LogP contribution in [0.1, 0.15) is 32.1 Å². The molecule has 0 atom stereocenters. The van der Waals surface area contributed by atoms with Crippen LogP contribution in [-0.4, -0.2) is 50.6 Å². The Morgan fingerprint density at radius 1 is 1.17 bits per heavy atom. The Labute approximate surface area is 110 Å².